The molecule has 0 bridgehead atoms. The van der Waals surface area contributed by atoms with E-state index in [4.69, 9.17) is 0 Å². The molecule has 0 saturated heterocycles. The first-order chi connectivity index (χ1) is 19.1. The van der Waals surface area contributed by atoms with Crippen LogP contribution in [0.1, 0.15) is 135 Å². The maximum Gasteiger partial charge on any atom is 0.336 e. The van der Waals surface area contributed by atoms with E-state index < -0.39 is 5.97 Å². The van der Waals surface area contributed by atoms with Crippen molar-refractivity contribution in [3.63, 3.8) is 0 Å². The van der Waals surface area contributed by atoms with Crippen molar-refractivity contribution >= 4 is 11.5 Å². The highest BCUT2D eigenvalue weighted by molar-refractivity contribution is 5.98. The lowest BCUT2D eigenvalue weighted by Gasteiger charge is -2.35. The van der Waals surface area contributed by atoms with Gasteiger partial charge in [-0.15, -0.1) is 0 Å². The fourth-order valence-electron chi connectivity index (χ4n) is 5.68. The molecule has 0 radical (unpaired) electrons. The summed E-state index contributed by atoms with van der Waals surface area (Å²) in [4.78, 5) is 12.3. The van der Waals surface area contributed by atoms with Crippen LogP contribution in [-0.2, 0) is 17.3 Å². The topological polar surface area (TPSA) is 57.5 Å². The molecule has 0 aliphatic heterocycles. The van der Waals surface area contributed by atoms with Crippen LogP contribution >= 0.6 is 0 Å². The molecule has 228 valence electrons. The molecule has 0 unspecified atom stereocenters. The van der Waals surface area contributed by atoms with E-state index in [1.807, 2.05) is 12.1 Å². The lowest BCUT2D eigenvalue weighted by molar-refractivity contribution is 0.0696. The summed E-state index contributed by atoms with van der Waals surface area (Å²) in [6.07, 6.45) is 7.96. The summed E-state index contributed by atoms with van der Waals surface area (Å²) in [6.45, 7) is 26.5. The van der Waals surface area contributed by atoms with Crippen LogP contribution in [0.4, 0.5) is 0 Å². The van der Waals surface area contributed by atoms with Crippen LogP contribution in [0, 0.1) is 10.8 Å². The van der Waals surface area contributed by atoms with Crippen molar-refractivity contribution in [3.8, 4) is 5.75 Å². The number of unbranched alkanes of at least 4 members (excludes halogenated alkanes) is 1. The molecule has 1 aliphatic carbocycles. The van der Waals surface area contributed by atoms with Gasteiger partial charge in [-0.25, -0.2) is 4.79 Å². The molecule has 0 amide bonds. The van der Waals surface area contributed by atoms with Gasteiger partial charge in [0, 0.05) is 0 Å². The molecule has 3 rings (SSSR count). The van der Waals surface area contributed by atoms with Crippen LogP contribution in [-0.4, -0.2) is 16.2 Å². The summed E-state index contributed by atoms with van der Waals surface area (Å²) in [7, 11) is 0. The van der Waals surface area contributed by atoms with Crippen molar-refractivity contribution in [2.75, 3.05) is 0 Å². The average Bonchev–Trinajstić information content (AvgIpc) is 2.84. The van der Waals surface area contributed by atoms with Crippen LogP contribution in [0.3, 0.4) is 0 Å². The number of allylic oxidation sites excluding steroid dienone is 6. The molecule has 2 aromatic rings. The van der Waals surface area contributed by atoms with Gasteiger partial charge < -0.3 is 10.2 Å². The largest absolute Gasteiger partial charge is 0.507 e. The lowest BCUT2D eigenvalue weighted by atomic mass is 9.69. The normalized spacial score (nSPS) is 16.2. The van der Waals surface area contributed by atoms with Gasteiger partial charge >= 0.3 is 5.97 Å². The zero-order valence-electron chi connectivity index (χ0n) is 28.2. The third-order valence-corrected chi connectivity index (χ3v) is 8.39. The zero-order valence-corrected chi connectivity index (χ0v) is 28.2. The number of carbonyl (C=O) groups is 1. The highest BCUT2D eigenvalue weighted by atomic mass is 16.4. The van der Waals surface area contributed by atoms with E-state index in [0.717, 1.165) is 47.9 Å². The number of aromatic hydroxyl groups is 1. The first-order valence-electron chi connectivity index (χ1n) is 15.5. The quantitative estimate of drug-likeness (QED) is 0.340. The molecule has 0 saturated carbocycles. The Balaban J connectivity index is 2.09. The smallest absolute Gasteiger partial charge is 0.336 e. The van der Waals surface area contributed by atoms with E-state index in [1.54, 1.807) is 12.1 Å². The average molecular weight is 571 g/mol. The molecular weight excluding hydrogens is 516 g/mol. The summed E-state index contributed by atoms with van der Waals surface area (Å²) < 4.78 is 0. The highest BCUT2D eigenvalue weighted by Crippen LogP contribution is 2.48. The molecule has 0 atom stereocenters. The predicted molar refractivity (Wildman–Crippen MR) is 178 cm³/mol. The second-order valence-corrected chi connectivity index (χ2v) is 16.1. The van der Waals surface area contributed by atoms with Crippen LogP contribution in [0.25, 0.3) is 5.57 Å². The van der Waals surface area contributed by atoms with Crippen molar-refractivity contribution in [1.82, 2.24) is 0 Å². The van der Waals surface area contributed by atoms with Gasteiger partial charge in [-0.3, -0.25) is 0 Å². The molecule has 2 N–H and O–H groups in total. The summed E-state index contributed by atoms with van der Waals surface area (Å²) in [5.74, 6) is -0.482. The maximum atomic E-state index is 12.3. The fraction of sp³-hybridized carbons (Fsp3) is 0.513. The zero-order chi connectivity index (χ0) is 31.8. The summed E-state index contributed by atoms with van der Waals surface area (Å²) in [5.41, 5.74) is 8.85. The molecule has 2 aromatic carbocycles. The van der Waals surface area contributed by atoms with Gasteiger partial charge in [-0.05, 0) is 92.4 Å². The van der Waals surface area contributed by atoms with Gasteiger partial charge in [0.15, 0.2) is 0 Å². The number of aromatic carboxylic acids is 1. The van der Waals surface area contributed by atoms with Crippen molar-refractivity contribution in [3.05, 3.63) is 93.1 Å². The summed E-state index contributed by atoms with van der Waals surface area (Å²) in [6, 6.07) is 11.8. The third kappa shape index (κ3) is 7.65. The first-order valence-corrected chi connectivity index (χ1v) is 15.5. The number of phenolic OH excluding ortho intramolecular Hbond substituents is 1. The predicted octanol–water partition coefficient (Wildman–Crippen LogP) is 10.8. The van der Waals surface area contributed by atoms with Crippen LogP contribution in [0.15, 0.2) is 65.3 Å². The van der Waals surface area contributed by atoms with Gasteiger partial charge in [0.25, 0.3) is 0 Å². The maximum absolute atomic E-state index is 12.3. The molecule has 0 heterocycles. The Morgan fingerprint density at radius 3 is 1.98 bits per heavy atom. The van der Waals surface area contributed by atoms with E-state index in [9.17, 15) is 15.0 Å². The Labute approximate surface area is 255 Å². The Morgan fingerprint density at radius 2 is 1.45 bits per heavy atom. The summed E-state index contributed by atoms with van der Waals surface area (Å²) in [5, 5.41) is 21.4. The number of carboxylic acids is 1. The van der Waals surface area contributed by atoms with E-state index in [0.29, 0.717) is 11.3 Å². The van der Waals surface area contributed by atoms with Crippen LogP contribution in [0.2, 0.25) is 0 Å². The van der Waals surface area contributed by atoms with Gasteiger partial charge in [-0.1, -0.05) is 131 Å². The first kappa shape index (κ1) is 33.4. The number of hydrogen-bond acceptors (Lipinski definition) is 2. The number of carboxylic acid groups (broad SMARTS) is 1. The number of phenols is 1. The van der Waals surface area contributed by atoms with Gasteiger partial charge in [0.1, 0.15) is 5.75 Å². The molecular formula is C39H54O3. The molecule has 0 aromatic heterocycles. The minimum absolute atomic E-state index is 0.00399. The van der Waals surface area contributed by atoms with Crippen molar-refractivity contribution in [1.29, 1.82) is 0 Å². The van der Waals surface area contributed by atoms with Crippen LogP contribution in [0.5, 0.6) is 5.75 Å². The van der Waals surface area contributed by atoms with Crippen molar-refractivity contribution in [2.45, 2.75) is 120 Å². The SMILES string of the molecule is CC(C)(C)C1=CC(C(C)(C)C)=C(c2ccccc2C(=O)O)C(=CCCCc2cc(C(C)(C)C)cc(C(C)(C)C)c2O)C1. The number of hydrogen-bond donors (Lipinski definition) is 2. The van der Waals surface area contributed by atoms with Gasteiger partial charge in [-0.2, -0.15) is 0 Å². The molecule has 3 heteroatoms. The minimum atomic E-state index is -0.903. The molecule has 0 spiro atoms. The second kappa shape index (κ2) is 11.9. The molecule has 0 fully saturated rings. The minimum Gasteiger partial charge on any atom is -0.507 e. The van der Waals surface area contributed by atoms with Crippen molar-refractivity contribution in [2.24, 2.45) is 10.8 Å². The third-order valence-electron chi connectivity index (χ3n) is 8.39. The summed E-state index contributed by atoms with van der Waals surface area (Å²) >= 11 is 0. The number of rotatable bonds is 6. The van der Waals surface area contributed by atoms with E-state index in [2.05, 4.69) is 107 Å². The van der Waals surface area contributed by atoms with Gasteiger partial charge in [0.05, 0.1) is 5.56 Å². The number of benzene rings is 2. The Morgan fingerprint density at radius 1 is 0.833 bits per heavy atom. The Hall–Kier alpha value is -3.07. The van der Waals surface area contributed by atoms with E-state index in [1.165, 1.54) is 22.3 Å². The van der Waals surface area contributed by atoms with E-state index in [-0.39, 0.29) is 21.7 Å². The Kier molecular flexibility index (Phi) is 9.47. The molecule has 42 heavy (non-hydrogen) atoms. The van der Waals surface area contributed by atoms with Crippen LogP contribution < -0.4 is 0 Å². The molecule has 1 aliphatic rings. The molecule has 3 nitrogen and oxygen atoms in total. The Bertz CT molecular complexity index is 1420. The fourth-order valence-corrected chi connectivity index (χ4v) is 5.68. The second-order valence-electron chi connectivity index (χ2n) is 16.1. The van der Waals surface area contributed by atoms with Gasteiger partial charge in [0.2, 0.25) is 0 Å². The highest BCUT2D eigenvalue weighted by Gasteiger charge is 2.32. The monoisotopic (exact) mass is 570 g/mol. The van der Waals surface area contributed by atoms with E-state index >= 15 is 0 Å². The van der Waals surface area contributed by atoms with Crippen molar-refractivity contribution < 1.29 is 15.0 Å². The lowest BCUT2D eigenvalue weighted by Crippen LogP contribution is -2.20. The standard InChI is InChI=1S/C39H54O3/c1-36(2,3)27-21-25(33(31(23-27)38(7,8)9)29-19-15-16-20-30(29)35(41)42)17-13-14-18-26-22-28(37(4,5)6)24-32(34(26)40)39(10,11)12/h15-17,19-20,22-24,40H,13-14,18,21H2,1-12H3,(H,41,42). The number of aryl methyl sites for hydroxylation is 1.